The number of thiocarbonyl (C=S) groups is 1. The van der Waals surface area contributed by atoms with Crippen molar-refractivity contribution < 1.29 is 4.39 Å². The molecule has 2 aromatic rings. The van der Waals surface area contributed by atoms with Crippen molar-refractivity contribution in [2.45, 2.75) is 19.8 Å². The Bertz CT molecular complexity index is 661. The number of benzene rings is 2. The Morgan fingerprint density at radius 1 is 1.23 bits per heavy atom. The first kappa shape index (κ1) is 16.9. The zero-order valence-corrected chi connectivity index (χ0v) is 14.7. The summed E-state index contributed by atoms with van der Waals surface area (Å²) in [6.45, 7) is 2.84. The molecule has 0 aliphatic heterocycles. The van der Waals surface area contributed by atoms with E-state index in [1.165, 1.54) is 17.2 Å². The third-order valence-corrected chi connectivity index (χ3v) is 3.93. The molecule has 0 saturated heterocycles. The Morgan fingerprint density at radius 2 is 2.05 bits per heavy atom. The summed E-state index contributed by atoms with van der Waals surface area (Å²) < 4.78 is 14.4. The fourth-order valence-electron chi connectivity index (χ4n) is 2.12. The Labute approximate surface area is 144 Å². The molecule has 0 aromatic heterocycles. The number of hydrogen-bond donors (Lipinski definition) is 2. The van der Waals surface area contributed by atoms with E-state index < -0.39 is 0 Å². The zero-order chi connectivity index (χ0) is 15.9. The molecule has 5 heteroatoms. The van der Waals surface area contributed by atoms with Gasteiger partial charge < -0.3 is 10.6 Å². The van der Waals surface area contributed by atoms with Gasteiger partial charge >= 0.3 is 0 Å². The molecule has 0 unspecified atom stereocenters. The van der Waals surface area contributed by atoms with Crippen LogP contribution in [-0.4, -0.2) is 11.7 Å². The van der Waals surface area contributed by atoms with Gasteiger partial charge in [-0.2, -0.15) is 0 Å². The van der Waals surface area contributed by atoms with E-state index in [9.17, 15) is 4.39 Å². The summed E-state index contributed by atoms with van der Waals surface area (Å²) >= 11 is 8.40. The van der Waals surface area contributed by atoms with E-state index in [0.29, 0.717) is 15.3 Å². The van der Waals surface area contributed by atoms with E-state index in [1.54, 1.807) is 12.1 Å². The average molecular weight is 381 g/mol. The molecular weight excluding hydrogens is 363 g/mol. The van der Waals surface area contributed by atoms with Crippen molar-refractivity contribution in [1.29, 1.82) is 0 Å². The van der Waals surface area contributed by atoms with Crippen LogP contribution in [0.15, 0.2) is 46.9 Å². The second-order valence-electron chi connectivity index (χ2n) is 5.10. The van der Waals surface area contributed by atoms with Crippen LogP contribution in [-0.2, 0) is 6.42 Å². The molecule has 22 heavy (non-hydrogen) atoms. The molecule has 116 valence electrons. The molecule has 2 aromatic carbocycles. The minimum absolute atomic E-state index is 0.335. The Hall–Kier alpha value is -1.46. The number of nitrogens with one attached hydrogen (secondary N) is 2. The fourth-order valence-corrected chi connectivity index (χ4v) is 2.66. The van der Waals surface area contributed by atoms with Gasteiger partial charge in [0.15, 0.2) is 5.11 Å². The van der Waals surface area contributed by atoms with Crippen molar-refractivity contribution in [2.24, 2.45) is 0 Å². The van der Waals surface area contributed by atoms with Crippen LogP contribution < -0.4 is 10.6 Å². The predicted octanol–water partition coefficient (Wildman–Crippen LogP) is 4.82. The van der Waals surface area contributed by atoms with Crippen molar-refractivity contribution in [3.63, 3.8) is 0 Å². The molecule has 2 rings (SSSR count). The normalized spacial score (nSPS) is 10.3. The first-order chi connectivity index (χ1) is 10.5. The number of aryl methyl sites for hydroxylation is 2. The number of rotatable bonds is 5. The highest BCUT2D eigenvalue weighted by Crippen LogP contribution is 2.19. The summed E-state index contributed by atoms with van der Waals surface area (Å²) in [7, 11) is 0. The maximum absolute atomic E-state index is 13.7. The van der Waals surface area contributed by atoms with Gasteiger partial charge in [0.1, 0.15) is 5.82 Å². The SMILES string of the molecule is Cc1cccc(CCCNC(=S)Nc2ccc(Br)cc2F)c1. The molecule has 0 radical (unpaired) electrons. The Kier molecular flexibility index (Phi) is 6.34. The molecule has 0 amide bonds. The Morgan fingerprint density at radius 3 is 2.77 bits per heavy atom. The van der Waals surface area contributed by atoms with Gasteiger partial charge in [-0.1, -0.05) is 45.8 Å². The van der Waals surface area contributed by atoms with Gasteiger partial charge in [0.05, 0.1) is 5.69 Å². The van der Waals surface area contributed by atoms with Crippen LogP contribution in [0.3, 0.4) is 0 Å². The van der Waals surface area contributed by atoms with Gasteiger partial charge in [-0.05, 0) is 55.7 Å². The van der Waals surface area contributed by atoms with Gasteiger partial charge in [-0.25, -0.2) is 4.39 Å². The van der Waals surface area contributed by atoms with Gasteiger partial charge in [-0.3, -0.25) is 0 Å². The van der Waals surface area contributed by atoms with Crippen LogP contribution >= 0.6 is 28.1 Å². The van der Waals surface area contributed by atoms with Crippen molar-refractivity contribution in [3.8, 4) is 0 Å². The average Bonchev–Trinajstić information content (AvgIpc) is 2.47. The lowest BCUT2D eigenvalue weighted by Crippen LogP contribution is -2.29. The molecular formula is C17H18BrFN2S. The second-order valence-corrected chi connectivity index (χ2v) is 6.42. The third-order valence-electron chi connectivity index (χ3n) is 3.19. The number of halogens is 2. The second kappa shape index (κ2) is 8.25. The molecule has 2 N–H and O–H groups in total. The summed E-state index contributed by atoms with van der Waals surface area (Å²) in [6, 6.07) is 13.3. The smallest absolute Gasteiger partial charge is 0.170 e. The van der Waals surface area contributed by atoms with Gasteiger partial charge in [0.2, 0.25) is 0 Å². The number of anilines is 1. The summed E-state index contributed by atoms with van der Waals surface area (Å²) in [5, 5.41) is 6.41. The van der Waals surface area contributed by atoms with Crippen molar-refractivity contribution in [3.05, 3.63) is 63.9 Å². The molecule has 0 aliphatic carbocycles. The largest absolute Gasteiger partial charge is 0.362 e. The molecule has 0 heterocycles. The van der Waals surface area contributed by atoms with Crippen molar-refractivity contribution in [1.82, 2.24) is 5.32 Å². The molecule has 0 fully saturated rings. The molecule has 0 atom stereocenters. The standard InChI is InChI=1S/C17H18BrFN2S/c1-12-4-2-5-13(10-12)6-3-9-20-17(22)21-16-8-7-14(18)11-15(16)19/h2,4-5,7-8,10-11H,3,6,9H2,1H3,(H2,20,21,22). The highest BCUT2D eigenvalue weighted by atomic mass is 79.9. The van der Waals surface area contributed by atoms with Gasteiger partial charge in [-0.15, -0.1) is 0 Å². The van der Waals surface area contributed by atoms with E-state index in [0.717, 1.165) is 19.4 Å². The molecule has 2 nitrogen and oxygen atoms in total. The van der Waals surface area contributed by atoms with Crippen molar-refractivity contribution >= 4 is 38.9 Å². The van der Waals surface area contributed by atoms with Crippen LogP contribution in [0, 0.1) is 12.7 Å². The van der Waals surface area contributed by atoms with Crippen LogP contribution in [0.1, 0.15) is 17.5 Å². The van der Waals surface area contributed by atoms with E-state index in [2.05, 4.69) is 57.8 Å². The highest BCUT2D eigenvalue weighted by molar-refractivity contribution is 9.10. The lowest BCUT2D eigenvalue weighted by Gasteiger charge is -2.11. The monoisotopic (exact) mass is 380 g/mol. The number of hydrogen-bond acceptors (Lipinski definition) is 1. The van der Waals surface area contributed by atoms with E-state index >= 15 is 0 Å². The molecule has 0 saturated carbocycles. The van der Waals surface area contributed by atoms with E-state index in [4.69, 9.17) is 12.2 Å². The molecule has 0 aliphatic rings. The first-order valence-corrected chi connectivity index (χ1v) is 8.30. The fraction of sp³-hybridized carbons (Fsp3) is 0.235. The quantitative estimate of drug-likeness (QED) is 0.574. The van der Waals surface area contributed by atoms with Crippen LogP contribution in [0.25, 0.3) is 0 Å². The third kappa shape index (κ3) is 5.39. The lowest BCUT2D eigenvalue weighted by atomic mass is 10.1. The maximum atomic E-state index is 13.7. The topological polar surface area (TPSA) is 24.1 Å². The Balaban J connectivity index is 1.74. The predicted molar refractivity (Wildman–Crippen MR) is 97.8 cm³/mol. The summed E-state index contributed by atoms with van der Waals surface area (Å²) in [5.74, 6) is -0.335. The van der Waals surface area contributed by atoms with Crippen LogP contribution in [0.2, 0.25) is 0 Å². The highest BCUT2D eigenvalue weighted by Gasteiger charge is 2.04. The minimum atomic E-state index is -0.335. The van der Waals surface area contributed by atoms with Crippen molar-refractivity contribution in [2.75, 3.05) is 11.9 Å². The van der Waals surface area contributed by atoms with Gasteiger partial charge in [0, 0.05) is 11.0 Å². The van der Waals surface area contributed by atoms with E-state index in [1.807, 2.05) is 0 Å². The van der Waals surface area contributed by atoms with E-state index in [-0.39, 0.29) is 5.82 Å². The lowest BCUT2D eigenvalue weighted by molar-refractivity contribution is 0.631. The molecule has 0 spiro atoms. The summed E-state index contributed by atoms with van der Waals surface area (Å²) in [4.78, 5) is 0. The maximum Gasteiger partial charge on any atom is 0.170 e. The minimum Gasteiger partial charge on any atom is -0.362 e. The molecule has 0 bridgehead atoms. The first-order valence-electron chi connectivity index (χ1n) is 7.10. The van der Waals surface area contributed by atoms with Crippen LogP contribution in [0.5, 0.6) is 0 Å². The van der Waals surface area contributed by atoms with Crippen LogP contribution in [0.4, 0.5) is 10.1 Å². The van der Waals surface area contributed by atoms with Gasteiger partial charge in [0.25, 0.3) is 0 Å². The zero-order valence-electron chi connectivity index (χ0n) is 12.3. The summed E-state index contributed by atoms with van der Waals surface area (Å²) in [6.07, 6.45) is 1.96. The summed E-state index contributed by atoms with van der Waals surface area (Å²) in [5.41, 5.74) is 2.97.